The maximum Gasteiger partial charge on any atom is 0.353 e. The molecule has 33 heavy (non-hydrogen) atoms. The van der Waals surface area contributed by atoms with E-state index < -0.39 is 11.8 Å². The molecule has 3 aromatic rings. The van der Waals surface area contributed by atoms with Crippen LogP contribution in [0, 0.1) is 5.82 Å². The van der Waals surface area contributed by atoms with E-state index in [0.717, 1.165) is 42.5 Å². The van der Waals surface area contributed by atoms with E-state index in [9.17, 15) is 9.18 Å². The molecule has 0 amide bonds. The Morgan fingerprint density at radius 3 is 2.36 bits per heavy atom. The molecule has 176 valence electrons. The van der Waals surface area contributed by atoms with Crippen molar-refractivity contribution in [1.82, 2.24) is 9.97 Å². The van der Waals surface area contributed by atoms with Crippen molar-refractivity contribution in [2.75, 3.05) is 0 Å². The molecular formula is C27H33FN2O2S. The van der Waals surface area contributed by atoms with Gasteiger partial charge in [-0.05, 0) is 61.6 Å². The molecule has 0 spiro atoms. The van der Waals surface area contributed by atoms with E-state index >= 15 is 0 Å². The number of ether oxygens (including phenoxy) is 1. The van der Waals surface area contributed by atoms with Gasteiger partial charge in [-0.15, -0.1) is 11.3 Å². The van der Waals surface area contributed by atoms with Gasteiger partial charge >= 0.3 is 5.97 Å². The van der Waals surface area contributed by atoms with Gasteiger partial charge < -0.3 is 4.74 Å². The first-order chi connectivity index (χ1) is 16.1. The zero-order valence-electron chi connectivity index (χ0n) is 19.6. The van der Waals surface area contributed by atoms with Crippen LogP contribution in [-0.4, -0.2) is 15.9 Å². The van der Waals surface area contributed by atoms with E-state index in [1.165, 1.54) is 55.6 Å². The number of carbonyl (C=O) groups is 1. The molecule has 0 radical (unpaired) electrons. The van der Waals surface area contributed by atoms with Crippen molar-refractivity contribution >= 4 is 17.3 Å². The highest BCUT2D eigenvalue weighted by atomic mass is 32.1. The predicted octanol–water partition coefficient (Wildman–Crippen LogP) is 7.81. The topological polar surface area (TPSA) is 52.1 Å². The molecule has 0 saturated carbocycles. The van der Waals surface area contributed by atoms with E-state index in [4.69, 9.17) is 4.74 Å². The fraction of sp³-hybridized carbons (Fsp3) is 0.444. The second-order valence-corrected chi connectivity index (χ2v) is 9.51. The van der Waals surface area contributed by atoms with Gasteiger partial charge in [-0.3, -0.25) is 0 Å². The summed E-state index contributed by atoms with van der Waals surface area (Å²) in [5.41, 5.74) is 1.64. The summed E-state index contributed by atoms with van der Waals surface area (Å²) in [6, 6.07) is 8.12. The van der Waals surface area contributed by atoms with Crippen molar-refractivity contribution in [1.29, 1.82) is 0 Å². The number of carbonyl (C=O) groups excluding carboxylic acids is 1. The monoisotopic (exact) mass is 468 g/mol. The second kappa shape index (κ2) is 13.2. The van der Waals surface area contributed by atoms with Crippen LogP contribution in [0.5, 0.6) is 5.75 Å². The maximum atomic E-state index is 14.6. The molecule has 0 aliphatic carbocycles. The molecule has 6 heteroatoms. The lowest BCUT2D eigenvalue weighted by molar-refractivity contribution is 0.0733. The molecular weight excluding hydrogens is 435 g/mol. The lowest BCUT2D eigenvalue weighted by atomic mass is 10.1. The Bertz CT molecular complexity index is 1020. The molecule has 2 heterocycles. The van der Waals surface area contributed by atoms with Crippen LogP contribution in [0.1, 0.15) is 85.3 Å². The van der Waals surface area contributed by atoms with Crippen molar-refractivity contribution < 1.29 is 13.9 Å². The fourth-order valence-electron chi connectivity index (χ4n) is 3.59. The Morgan fingerprint density at radius 2 is 1.64 bits per heavy atom. The molecule has 1 aromatic carbocycles. The second-order valence-electron chi connectivity index (χ2n) is 8.34. The largest absolute Gasteiger partial charge is 0.419 e. The minimum Gasteiger partial charge on any atom is -0.419 e. The van der Waals surface area contributed by atoms with Gasteiger partial charge in [0.1, 0.15) is 4.88 Å². The molecule has 0 aliphatic rings. The highest BCUT2D eigenvalue weighted by Gasteiger charge is 2.15. The van der Waals surface area contributed by atoms with Gasteiger partial charge in [0.25, 0.3) is 0 Å². The van der Waals surface area contributed by atoms with E-state index in [1.807, 2.05) is 18.5 Å². The van der Waals surface area contributed by atoms with Gasteiger partial charge in [-0.25, -0.2) is 19.2 Å². The van der Waals surface area contributed by atoms with Crippen LogP contribution in [0.3, 0.4) is 0 Å². The normalized spacial score (nSPS) is 11.0. The van der Waals surface area contributed by atoms with E-state index in [-0.39, 0.29) is 5.75 Å². The zero-order chi connectivity index (χ0) is 23.5. The van der Waals surface area contributed by atoms with Gasteiger partial charge in [0.2, 0.25) is 0 Å². The average Bonchev–Trinajstić information content (AvgIpc) is 3.31. The number of rotatable bonds is 13. The molecule has 0 N–H and O–H groups in total. The van der Waals surface area contributed by atoms with Gasteiger partial charge in [-0.2, -0.15) is 0 Å². The summed E-state index contributed by atoms with van der Waals surface area (Å²) in [5.74, 6) is -0.780. The minimum atomic E-state index is -0.608. The number of benzene rings is 1. The van der Waals surface area contributed by atoms with Crippen LogP contribution in [-0.2, 0) is 12.8 Å². The third-order valence-electron chi connectivity index (χ3n) is 5.56. The van der Waals surface area contributed by atoms with Crippen molar-refractivity contribution in [3.05, 3.63) is 63.9 Å². The number of unbranched alkanes of at least 4 members (excludes halogenated alkanes) is 6. The fourth-order valence-corrected chi connectivity index (χ4v) is 4.51. The third-order valence-corrected chi connectivity index (χ3v) is 6.68. The molecule has 0 atom stereocenters. The lowest BCUT2D eigenvalue weighted by Crippen LogP contribution is -2.07. The summed E-state index contributed by atoms with van der Waals surface area (Å²) < 4.78 is 19.9. The molecule has 0 saturated heterocycles. The first-order valence-corrected chi connectivity index (χ1v) is 12.8. The highest BCUT2D eigenvalue weighted by Crippen LogP contribution is 2.26. The average molecular weight is 469 g/mol. The molecule has 4 nitrogen and oxygen atoms in total. The Hall–Kier alpha value is -2.60. The van der Waals surface area contributed by atoms with Gasteiger partial charge in [0.05, 0.1) is 0 Å². The van der Waals surface area contributed by atoms with Crippen molar-refractivity contribution in [3.8, 4) is 17.1 Å². The summed E-state index contributed by atoms with van der Waals surface area (Å²) in [6.07, 6.45) is 15.2. The smallest absolute Gasteiger partial charge is 0.353 e. The first kappa shape index (κ1) is 25.0. The number of thiophene rings is 1. The molecule has 3 rings (SSSR count). The van der Waals surface area contributed by atoms with Crippen LogP contribution in [0.4, 0.5) is 4.39 Å². The van der Waals surface area contributed by atoms with Crippen molar-refractivity contribution in [2.45, 2.75) is 78.1 Å². The number of nitrogens with zero attached hydrogens (tertiary/aromatic N) is 2. The molecule has 2 aromatic heterocycles. The number of aryl methyl sites for hydroxylation is 2. The zero-order valence-corrected chi connectivity index (χ0v) is 20.4. The summed E-state index contributed by atoms with van der Waals surface area (Å²) in [4.78, 5) is 22.8. The molecule has 0 unspecified atom stereocenters. The summed E-state index contributed by atoms with van der Waals surface area (Å²) in [7, 11) is 0. The lowest BCUT2D eigenvalue weighted by Gasteiger charge is -2.07. The molecule has 0 fully saturated rings. The number of halogens is 1. The van der Waals surface area contributed by atoms with Crippen LogP contribution in [0.2, 0.25) is 0 Å². The Balaban J connectivity index is 1.55. The summed E-state index contributed by atoms with van der Waals surface area (Å²) in [5, 5.41) is 0. The van der Waals surface area contributed by atoms with Gasteiger partial charge in [0, 0.05) is 22.8 Å². The van der Waals surface area contributed by atoms with Crippen LogP contribution >= 0.6 is 11.3 Å². The number of aromatic nitrogens is 2. The Morgan fingerprint density at radius 1 is 0.909 bits per heavy atom. The number of esters is 1. The van der Waals surface area contributed by atoms with Crippen molar-refractivity contribution in [3.63, 3.8) is 0 Å². The van der Waals surface area contributed by atoms with E-state index in [0.29, 0.717) is 16.3 Å². The third kappa shape index (κ3) is 7.74. The van der Waals surface area contributed by atoms with E-state index in [1.54, 1.807) is 12.1 Å². The maximum absolute atomic E-state index is 14.6. The first-order valence-electron chi connectivity index (χ1n) is 12.0. The van der Waals surface area contributed by atoms with Crippen LogP contribution in [0.15, 0.2) is 42.7 Å². The Labute approximate surface area is 200 Å². The number of hydrogen-bond acceptors (Lipinski definition) is 5. The standard InChI is InChI=1S/C27H33FN2O2S/c1-3-5-7-8-9-10-11-20-18-29-26(30-19-20)21-13-15-24(23(28)17-21)32-27(31)25-16-14-22(33-25)12-6-4-2/h13-19H,3-12H2,1-2H3. The summed E-state index contributed by atoms with van der Waals surface area (Å²) >= 11 is 1.40. The predicted molar refractivity (Wildman–Crippen MR) is 132 cm³/mol. The van der Waals surface area contributed by atoms with Gasteiger partial charge in [-0.1, -0.05) is 52.4 Å². The quantitative estimate of drug-likeness (QED) is 0.146. The summed E-state index contributed by atoms with van der Waals surface area (Å²) in [6.45, 7) is 4.35. The number of hydrogen-bond donors (Lipinski definition) is 0. The van der Waals surface area contributed by atoms with Gasteiger partial charge in [0.15, 0.2) is 17.4 Å². The van der Waals surface area contributed by atoms with Crippen LogP contribution < -0.4 is 4.74 Å². The van der Waals surface area contributed by atoms with E-state index in [2.05, 4.69) is 23.8 Å². The highest BCUT2D eigenvalue weighted by molar-refractivity contribution is 7.13. The molecule has 0 bridgehead atoms. The van der Waals surface area contributed by atoms with Crippen LogP contribution in [0.25, 0.3) is 11.4 Å². The Kier molecular flexibility index (Phi) is 10.0. The molecule has 0 aliphatic heterocycles. The minimum absolute atomic E-state index is 0.0908. The van der Waals surface area contributed by atoms with Crippen molar-refractivity contribution in [2.24, 2.45) is 0 Å². The SMILES string of the molecule is CCCCCCCCc1cnc(-c2ccc(OC(=O)c3ccc(CCCC)s3)c(F)c2)nc1.